The second-order valence-electron chi connectivity index (χ2n) is 4.69. The first-order chi connectivity index (χ1) is 6.75. The van der Waals surface area contributed by atoms with Gasteiger partial charge in [-0.25, -0.2) is 0 Å². The van der Waals surface area contributed by atoms with Gasteiger partial charge in [-0.15, -0.1) is 0 Å². The molecule has 1 aromatic carbocycles. The van der Waals surface area contributed by atoms with E-state index in [0.717, 1.165) is 0 Å². The van der Waals surface area contributed by atoms with E-state index in [4.69, 9.17) is 0 Å². The van der Waals surface area contributed by atoms with Crippen molar-refractivity contribution in [3.8, 4) is 5.75 Å². The van der Waals surface area contributed by atoms with E-state index in [-0.39, 0.29) is 46.3 Å². The fourth-order valence-corrected chi connectivity index (χ4v) is 1.55. The predicted octanol–water partition coefficient (Wildman–Crippen LogP) is -1.63. The summed E-state index contributed by atoms with van der Waals surface area (Å²) >= 11 is 0. The maximum atomic E-state index is 10.9. The first-order valence-electron chi connectivity index (χ1n) is 4.79. The molecule has 0 aliphatic rings. The van der Waals surface area contributed by atoms with Crippen LogP contribution in [0.2, 0.25) is 0 Å². The zero-order valence-electron chi connectivity index (χ0n) is 10.4. The van der Waals surface area contributed by atoms with E-state index in [1.165, 1.54) is 0 Å². The topological polar surface area (TPSA) is 60.4 Å². The molecule has 1 rings (SSSR count). The van der Waals surface area contributed by atoms with Crippen LogP contribution < -0.4 is 34.7 Å². The van der Waals surface area contributed by atoms with Crippen molar-refractivity contribution in [1.82, 2.24) is 0 Å². The predicted molar refractivity (Wildman–Crippen MR) is 55.9 cm³/mol. The fraction of sp³-hybridized carbons (Fsp3) is 0.417. The Bertz CT molecular complexity index is 405. The van der Waals surface area contributed by atoms with Gasteiger partial charge in [0.25, 0.3) is 0 Å². The standard InChI is InChI=1S/C12H16O3.Na/c1-7-5-6-8(12(2,3)4)10(13)9(7)11(14)15;/h5-6,13H,1-4H3,(H,14,15);/q;+1/p-1. The van der Waals surface area contributed by atoms with E-state index in [1.54, 1.807) is 19.1 Å². The van der Waals surface area contributed by atoms with Crippen LogP contribution in [0.5, 0.6) is 5.75 Å². The largest absolute Gasteiger partial charge is 1.00 e. The SMILES string of the molecule is Cc1ccc(C(C)(C)C)c(O)c1C(=O)[O-].[Na+]. The molecule has 1 N–H and O–H groups in total. The van der Waals surface area contributed by atoms with E-state index in [1.807, 2.05) is 20.8 Å². The van der Waals surface area contributed by atoms with Crippen LogP contribution in [-0.2, 0) is 5.41 Å². The molecule has 16 heavy (non-hydrogen) atoms. The van der Waals surface area contributed by atoms with Crippen molar-refractivity contribution in [2.24, 2.45) is 0 Å². The summed E-state index contributed by atoms with van der Waals surface area (Å²) in [5, 5.41) is 20.7. The number of aromatic carboxylic acids is 1. The number of aryl methyl sites for hydroxylation is 1. The summed E-state index contributed by atoms with van der Waals surface area (Å²) < 4.78 is 0. The van der Waals surface area contributed by atoms with Gasteiger partial charge in [0, 0.05) is 5.56 Å². The summed E-state index contributed by atoms with van der Waals surface area (Å²) in [7, 11) is 0. The molecule has 0 bridgehead atoms. The molecule has 3 nitrogen and oxygen atoms in total. The van der Waals surface area contributed by atoms with Crippen LogP contribution in [0.4, 0.5) is 0 Å². The minimum Gasteiger partial charge on any atom is -0.545 e. The number of phenols is 1. The molecular weight excluding hydrogens is 215 g/mol. The van der Waals surface area contributed by atoms with Crippen LogP contribution in [0, 0.1) is 6.92 Å². The number of hydrogen-bond acceptors (Lipinski definition) is 3. The molecule has 0 saturated carbocycles. The number of carbonyl (C=O) groups is 1. The van der Waals surface area contributed by atoms with Gasteiger partial charge >= 0.3 is 29.6 Å². The minimum absolute atomic E-state index is 0. The van der Waals surface area contributed by atoms with Crippen LogP contribution in [0.25, 0.3) is 0 Å². The van der Waals surface area contributed by atoms with Crippen LogP contribution in [0.15, 0.2) is 12.1 Å². The Morgan fingerprint density at radius 3 is 2.19 bits per heavy atom. The second-order valence-corrected chi connectivity index (χ2v) is 4.69. The minimum atomic E-state index is -1.34. The summed E-state index contributed by atoms with van der Waals surface area (Å²) in [4.78, 5) is 10.9. The van der Waals surface area contributed by atoms with Crippen molar-refractivity contribution in [3.05, 3.63) is 28.8 Å². The Morgan fingerprint density at radius 2 is 1.81 bits per heavy atom. The third-order valence-corrected chi connectivity index (χ3v) is 2.40. The molecule has 0 spiro atoms. The van der Waals surface area contributed by atoms with Crippen molar-refractivity contribution in [3.63, 3.8) is 0 Å². The maximum Gasteiger partial charge on any atom is 1.00 e. The summed E-state index contributed by atoms with van der Waals surface area (Å²) in [6.07, 6.45) is 0. The normalized spacial score (nSPS) is 10.8. The van der Waals surface area contributed by atoms with Gasteiger partial charge in [0.2, 0.25) is 0 Å². The molecule has 0 aliphatic carbocycles. The van der Waals surface area contributed by atoms with Gasteiger partial charge in [-0.2, -0.15) is 0 Å². The zero-order chi connectivity index (χ0) is 11.8. The number of rotatable bonds is 1. The number of carboxylic acid groups (broad SMARTS) is 1. The molecule has 0 aromatic heterocycles. The molecule has 82 valence electrons. The molecule has 0 fully saturated rings. The summed E-state index contributed by atoms with van der Waals surface area (Å²) in [5.74, 6) is -1.52. The van der Waals surface area contributed by atoms with Crippen molar-refractivity contribution in [2.75, 3.05) is 0 Å². The van der Waals surface area contributed by atoms with E-state index in [2.05, 4.69) is 0 Å². The molecule has 0 saturated heterocycles. The molecule has 4 heteroatoms. The molecule has 1 aromatic rings. The third kappa shape index (κ3) is 3.00. The molecule has 0 radical (unpaired) electrons. The Kier molecular flexibility index (Phi) is 5.05. The molecule has 0 amide bonds. The molecule has 0 atom stereocenters. The quantitative estimate of drug-likeness (QED) is 0.589. The number of benzene rings is 1. The van der Waals surface area contributed by atoms with Gasteiger partial charge in [0.15, 0.2) is 0 Å². The Hall–Kier alpha value is -0.510. The van der Waals surface area contributed by atoms with Crippen molar-refractivity contribution in [2.45, 2.75) is 33.1 Å². The van der Waals surface area contributed by atoms with Gasteiger partial charge in [-0.05, 0) is 23.5 Å². The Morgan fingerprint density at radius 1 is 1.31 bits per heavy atom. The molecular formula is C12H15NaO3. The first-order valence-corrected chi connectivity index (χ1v) is 4.79. The van der Waals surface area contributed by atoms with E-state index in [0.29, 0.717) is 11.1 Å². The Balaban J connectivity index is 0.00000225. The number of hydrogen-bond donors (Lipinski definition) is 1. The monoisotopic (exact) mass is 230 g/mol. The van der Waals surface area contributed by atoms with E-state index >= 15 is 0 Å². The second kappa shape index (κ2) is 5.21. The van der Waals surface area contributed by atoms with Crippen LogP contribution in [0.3, 0.4) is 0 Å². The van der Waals surface area contributed by atoms with Crippen molar-refractivity contribution < 1.29 is 44.6 Å². The van der Waals surface area contributed by atoms with Crippen LogP contribution in [0.1, 0.15) is 42.3 Å². The van der Waals surface area contributed by atoms with Crippen LogP contribution in [-0.4, -0.2) is 11.1 Å². The molecule has 0 aliphatic heterocycles. The van der Waals surface area contributed by atoms with E-state index < -0.39 is 5.97 Å². The maximum absolute atomic E-state index is 10.9. The summed E-state index contributed by atoms with van der Waals surface area (Å²) in [6, 6.07) is 3.43. The smallest absolute Gasteiger partial charge is 0.545 e. The van der Waals surface area contributed by atoms with Crippen molar-refractivity contribution >= 4 is 5.97 Å². The van der Waals surface area contributed by atoms with Gasteiger partial charge < -0.3 is 15.0 Å². The van der Waals surface area contributed by atoms with Gasteiger partial charge in [0.05, 0.1) is 5.97 Å². The average Bonchev–Trinajstić information content (AvgIpc) is 2.00. The van der Waals surface area contributed by atoms with E-state index in [9.17, 15) is 15.0 Å². The van der Waals surface area contributed by atoms with Crippen LogP contribution >= 0.6 is 0 Å². The van der Waals surface area contributed by atoms with Gasteiger partial charge in [0.1, 0.15) is 5.75 Å². The zero-order valence-corrected chi connectivity index (χ0v) is 12.4. The third-order valence-electron chi connectivity index (χ3n) is 2.40. The Labute approximate surface area is 118 Å². The summed E-state index contributed by atoms with van der Waals surface area (Å²) in [5.41, 5.74) is 0.734. The number of carboxylic acids is 1. The van der Waals surface area contributed by atoms with Crippen molar-refractivity contribution in [1.29, 1.82) is 0 Å². The first kappa shape index (κ1) is 15.5. The number of aromatic hydroxyl groups is 1. The van der Waals surface area contributed by atoms with Gasteiger partial charge in [-0.1, -0.05) is 32.9 Å². The van der Waals surface area contributed by atoms with Gasteiger partial charge in [-0.3, -0.25) is 0 Å². The number of carbonyl (C=O) groups excluding carboxylic acids is 1. The molecule has 0 unspecified atom stereocenters. The molecule has 0 heterocycles. The average molecular weight is 230 g/mol. The summed E-state index contributed by atoms with van der Waals surface area (Å²) in [6.45, 7) is 7.38. The fourth-order valence-electron chi connectivity index (χ4n) is 1.55.